The second-order valence-electron chi connectivity index (χ2n) is 5.84. The van der Waals surface area contributed by atoms with Crippen molar-refractivity contribution in [2.75, 3.05) is 18.7 Å². The van der Waals surface area contributed by atoms with E-state index in [0.717, 1.165) is 16.9 Å². The fraction of sp³-hybridized carbons (Fsp3) is 0.316. The zero-order valence-electron chi connectivity index (χ0n) is 13.9. The molecule has 0 atom stereocenters. The highest BCUT2D eigenvalue weighted by Gasteiger charge is 2.14. The Kier molecular flexibility index (Phi) is 4.89. The zero-order valence-corrected chi connectivity index (χ0v) is 13.9. The Morgan fingerprint density at radius 1 is 1.12 bits per heavy atom. The first-order valence-electron chi connectivity index (χ1n) is 8.01. The van der Waals surface area contributed by atoms with Crippen molar-refractivity contribution < 1.29 is 19.0 Å². The number of carbonyl (C=O) groups is 1. The second kappa shape index (κ2) is 7.25. The molecule has 2 aromatic rings. The first kappa shape index (κ1) is 16.2. The number of fused-ring (bicyclic) bond motifs is 1. The molecule has 0 fully saturated rings. The van der Waals surface area contributed by atoms with E-state index in [2.05, 4.69) is 11.4 Å². The lowest BCUT2D eigenvalue weighted by molar-refractivity contribution is -0.116. The summed E-state index contributed by atoms with van der Waals surface area (Å²) in [5.41, 5.74) is 2.97. The van der Waals surface area contributed by atoms with Crippen LogP contribution in [0.25, 0.3) is 0 Å². The molecule has 0 spiro atoms. The van der Waals surface area contributed by atoms with Gasteiger partial charge in [0.05, 0.1) is 6.61 Å². The van der Waals surface area contributed by atoms with Gasteiger partial charge in [0.15, 0.2) is 11.5 Å². The molecule has 1 aliphatic rings. The van der Waals surface area contributed by atoms with Crippen molar-refractivity contribution in [3.8, 4) is 17.2 Å². The highest BCUT2D eigenvalue weighted by molar-refractivity contribution is 5.91. The number of ether oxygens (including phenoxy) is 3. The van der Waals surface area contributed by atoms with Gasteiger partial charge in [0.1, 0.15) is 5.75 Å². The topological polar surface area (TPSA) is 56.8 Å². The predicted octanol–water partition coefficient (Wildman–Crippen LogP) is 3.83. The van der Waals surface area contributed by atoms with Gasteiger partial charge in [-0.3, -0.25) is 4.79 Å². The molecule has 1 N–H and O–H groups in total. The van der Waals surface area contributed by atoms with Crippen molar-refractivity contribution >= 4 is 11.6 Å². The Morgan fingerprint density at radius 3 is 2.83 bits per heavy atom. The van der Waals surface area contributed by atoms with Crippen molar-refractivity contribution in [3.63, 3.8) is 0 Å². The molecule has 24 heavy (non-hydrogen) atoms. The van der Waals surface area contributed by atoms with Crippen molar-refractivity contribution in [1.29, 1.82) is 0 Å². The summed E-state index contributed by atoms with van der Waals surface area (Å²) in [6, 6.07) is 11.5. The minimum Gasteiger partial charge on any atom is -0.493 e. The van der Waals surface area contributed by atoms with Gasteiger partial charge in [-0.25, -0.2) is 0 Å². The van der Waals surface area contributed by atoms with Gasteiger partial charge in [-0.15, -0.1) is 0 Å². The molecule has 5 heteroatoms. The predicted molar refractivity (Wildman–Crippen MR) is 91.8 cm³/mol. The van der Waals surface area contributed by atoms with Gasteiger partial charge < -0.3 is 19.5 Å². The lowest BCUT2D eigenvalue weighted by Crippen LogP contribution is -2.12. The van der Waals surface area contributed by atoms with Crippen LogP contribution in [0.2, 0.25) is 0 Å². The van der Waals surface area contributed by atoms with E-state index < -0.39 is 0 Å². The molecule has 2 aromatic carbocycles. The summed E-state index contributed by atoms with van der Waals surface area (Å²) in [6.07, 6.45) is 1.06. The molecule has 126 valence electrons. The molecule has 0 aromatic heterocycles. The van der Waals surface area contributed by atoms with E-state index in [1.54, 1.807) is 18.2 Å². The van der Waals surface area contributed by atoms with E-state index in [1.165, 1.54) is 0 Å². The van der Waals surface area contributed by atoms with Crippen LogP contribution < -0.4 is 19.5 Å². The summed E-state index contributed by atoms with van der Waals surface area (Å²) in [4.78, 5) is 12.0. The number of nitrogens with one attached hydrogen (secondary N) is 1. The van der Waals surface area contributed by atoms with Gasteiger partial charge in [-0.1, -0.05) is 12.1 Å². The monoisotopic (exact) mass is 327 g/mol. The van der Waals surface area contributed by atoms with Crippen molar-refractivity contribution in [2.24, 2.45) is 0 Å². The van der Waals surface area contributed by atoms with Crippen LogP contribution in [-0.2, 0) is 4.79 Å². The lowest BCUT2D eigenvalue weighted by atomic mass is 10.1. The molecule has 1 amide bonds. The normalized spacial score (nSPS) is 12.1. The molecule has 5 nitrogen and oxygen atoms in total. The van der Waals surface area contributed by atoms with Gasteiger partial charge >= 0.3 is 0 Å². The Balaban J connectivity index is 1.43. The van der Waals surface area contributed by atoms with Gasteiger partial charge in [0.2, 0.25) is 12.7 Å². The van der Waals surface area contributed by atoms with Gasteiger partial charge in [-0.05, 0) is 49.6 Å². The average molecular weight is 327 g/mol. The molecule has 0 unspecified atom stereocenters. The van der Waals surface area contributed by atoms with Crippen LogP contribution in [0.3, 0.4) is 0 Å². The number of benzene rings is 2. The first-order valence-corrected chi connectivity index (χ1v) is 8.01. The number of rotatable bonds is 6. The van der Waals surface area contributed by atoms with E-state index in [4.69, 9.17) is 14.2 Å². The van der Waals surface area contributed by atoms with Gasteiger partial charge in [0.25, 0.3) is 0 Å². The van der Waals surface area contributed by atoms with Crippen LogP contribution in [0, 0.1) is 13.8 Å². The molecule has 0 saturated heterocycles. The maximum Gasteiger partial charge on any atom is 0.231 e. The third kappa shape index (κ3) is 3.98. The number of aryl methyl sites for hydroxylation is 2. The average Bonchev–Trinajstić information content (AvgIpc) is 3.02. The fourth-order valence-electron chi connectivity index (χ4n) is 2.48. The van der Waals surface area contributed by atoms with Crippen LogP contribution in [0.15, 0.2) is 36.4 Å². The summed E-state index contributed by atoms with van der Waals surface area (Å²) in [6.45, 7) is 4.79. The molecular formula is C19H21NO4. The van der Waals surface area contributed by atoms with Crippen LogP contribution >= 0.6 is 0 Å². The highest BCUT2D eigenvalue weighted by Crippen LogP contribution is 2.34. The van der Waals surface area contributed by atoms with E-state index in [0.29, 0.717) is 36.6 Å². The number of carbonyl (C=O) groups excluding carboxylic acids is 1. The molecular weight excluding hydrogens is 306 g/mol. The van der Waals surface area contributed by atoms with E-state index in [-0.39, 0.29) is 12.7 Å². The van der Waals surface area contributed by atoms with Crippen molar-refractivity contribution in [3.05, 3.63) is 47.5 Å². The molecule has 0 bridgehead atoms. The summed E-state index contributed by atoms with van der Waals surface area (Å²) in [7, 11) is 0. The van der Waals surface area contributed by atoms with Gasteiger partial charge in [-0.2, -0.15) is 0 Å². The minimum absolute atomic E-state index is 0.0431. The van der Waals surface area contributed by atoms with Gasteiger partial charge in [0, 0.05) is 18.2 Å². The Morgan fingerprint density at radius 2 is 1.96 bits per heavy atom. The SMILES string of the molecule is Cc1ccc(C)c(OCCCC(=O)Nc2ccc3c(c2)OCO3)c1. The first-order chi connectivity index (χ1) is 11.6. The van der Waals surface area contributed by atoms with Crippen LogP contribution in [0.4, 0.5) is 5.69 Å². The quantitative estimate of drug-likeness (QED) is 0.819. The Labute approximate surface area is 141 Å². The fourth-order valence-corrected chi connectivity index (χ4v) is 2.48. The number of hydrogen-bond acceptors (Lipinski definition) is 4. The second-order valence-corrected chi connectivity index (χ2v) is 5.84. The zero-order chi connectivity index (χ0) is 16.9. The summed E-state index contributed by atoms with van der Waals surface area (Å²) < 4.78 is 16.3. The largest absolute Gasteiger partial charge is 0.493 e. The van der Waals surface area contributed by atoms with E-state index >= 15 is 0 Å². The standard InChI is InChI=1S/C19H21NO4/c1-13-5-6-14(2)17(10-13)22-9-3-4-19(21)20-15-7-8-16-18(11-15)24-12-23-16/h5-8,10-11H,3-4,9,12H2,1-2H3,(H,20,21). The number of hydrogen-bond donors (Lipinski definition) is 1. The summed E-state index contributed by atoms with van der Waals surface area (Å²) in [5.74, 6) is 2.20. The Bertz CT molecular complexity index is 742. The number of amides is 1. The molecule has 0 saturated carbocycles. The van der Waals surface area contributed by atoms with Crippen LogP contribution in [-0.4, -0.2) is 19.3 Å². The summed E-state index contributed by atoms with van der Waals surface area (Å²) >= 11 is 0. The maximum atomic E-state index is 12.0. The van der Waals surface area contributed by atoms with Crippen LogP contribution in [0.5, 0.6) is 17.2 Å². The molecule has 1 aliphatic heterocycles. The number of anilines is 1. The lowest BCUT2D eigenvalue weighted by Gasteiger charge is -2.10. The molecule has 3 rings (SSSR count). The smallest absolute Gasteiger partial charge is 0.231 e. The summed E-state index contributed by atoms with van der Waals surface area (Å²) in [5, 5.41) is 2.86. The van der Waals surface area contributed by atoms with Crippen molar-refractivity contribution in [2.45, 2.75) is 26.7 Å². The van der Waals surface area contributed by atoms with Crippen molar-refractivity contribution in [1.82, 2.24) is 0 Å². The maximum absolute atomic E-state index is 12.0. The third-order valence-corrected chi connectivity index (χ3v) is 3.81. The van der Waals surface area contributed by atoms with Crippen LogP contribution in [0.1, 0.15) is 24.0 Å². The molecule has 0 radical (unpaired) electrons. The Hall–Kier alpha value is -2.69. The minimum atomic E-state index is -0.0431. The molecule has 0 aliphatic carbocycles. The third-order valence-electron chi connectivity index (χ3n) is 3.81. The van der Waals surface area contributed by atoms with E-state index in [9.17, 15) is 4.79 Å². The van der Waals surface area contributed by atoms with E-state index in [1.807, 2.05) is 26.0 Å². The highest BCUT2D eigenvalue weighted by atomic mass is 16.7. The molecule has 1 heterocycles.